The van der Waals surface area contributed by atoms with E-state index in [1.54, 1.807) is 0 Å². The molecule has 0 bridgehead atoms. The van der Waals surface area contributed by atoms with Crippen molar-refractivity contribution >= 4 is 0 Å². The zero-order valence-corrected chi connectivity index (χ0v) is 10.6. The molecular formula is C15H20O2. The summed E-state index contributed by atoms with van der Waals surface area (Å²) in [6.07, 6.45) is 1.10. The van der Waals surface area contributed by atoms with Crippen LogP contribution in [0.3, 0.4) is 0 Å². The Hall–Kier alpha value is -1.30. The summed E-state index contributed by atoms with van der Waals surface area (Å²) in [5.74, 6) is 6.17. The Morgan fingerprint density at radius 1 is 1.24 bits per heavy atom. The Bertz CT molecular complexity index is 368. The van der Waals surface area contributed by atoms with E-state index < -0.39 is 0 Å². The van der Waals surface area contributed by atoms with Gasteiger partial charge in [0.2, 0.25) is 0 Å². The minimum absolute atomic E-state index is 0.0972. The van der Waals surface area contributed by atoms with Crippen molar-refractivity contribution in [3.8, 4) is 11.8 Å². The second-order valence-electron chi connectivity index (χ2n) is 4.39. The van der Waals surface area contributed by atoms with Gasteiger partial charge in [0.15, 0.2) is 0 Å². The zero-order valence-electron chi connectivity index (χ0n) is 10.6. The Morgan fingerprint density at radius 3 is 2.53 bits per heavy atom. The summed E-state index contributed by atoms with van der Waals surface area (Å²) >= 11 is 0. The normalized spacial score (nSPS) is 10.1. The van der Waals surface area contributed by atoms with E-state index in [-0.39, 0.29) is 6.61 Å². The number of ether oxygens (including phenoxy) is 1. The van der Waals surface area contributed by atoms with E-state index in [0.29, 0.717) is 12.5 Å². The molecule has 0 radical (unpaired) electrons. The Balaban J connectivity index is 2.35. The molecule has 1 rings (SSSR count). The van der Waals surface area contributed by atoms with Gasteiger partial charge in [-0.3, -0.25) is 0 Å². The van der Waals surface area contributed by atoms with Crippen molar-refractivity contribution in [2.24, 2.45) is 5.92 Å². The predicted octanol–water partition coefficient (Wildman–Crippen LogP) is 2.59. The van der Waals surface area contributed by atoms with Crippen LogP contribution >= 0.6 is 0 Å². The third-order valence-corrected chi connectivity index (χ3v) is 2.37. The average molecular weight is 232 g/mol. The maximum atomic E-state index is 8.58. The lowest BCUT2D eigenvalue weighted by Crippen LogP contribution is -1.99. The molecule has 1 aromatic carbocycles. The quantitative estimate of drug-likeness (QED) is 0.624. The maximum absolute atomic E-state index is 8.58. The van der Waals surface area contributed by atoms with Gasteiger partial charge in [-0.15, -0.1) is 0 Å². The van der Waals surface area contributed by atoms with Crippen LogP contribution in [0.25, 0.3) is 0 Å². The van der Waals surface area contributed by atoms with Crippen molar-refractivity contribution in [1.29, 1.82) is 0 Å². The lowest BCUT2D eigenvalue weighted by molar-refractivity contribution is 0.110. The molecule has 2 nitrogen and oxygen atoms in total. The molecule has 0 saturated carbocycles. The van der Waals surface area contributed by atoms with Crippen molar-refractivity contribution in [3.05, 3.63) is 35.4 Å². The minimum atomic E-state index is -0.0972. The molecule has 0 unspecified atom stereocenters. The summed E-state index contributed by atoms with van der Waals surface area (Å²) in [5.41, 5.74) is 2.08. The van der Waals surface area contributed by atoms with Gasteiger partial charge in [-0.1, -0.05) is 37.8 Å². The highest BCUT2D eigenvalue weighted by Crippen LogP contribution is 2.06. The fourth-order valence-electron chi connectivity index (χ4n) is 1.33. The third-order valence-electron chi connectivity index (χ3n) is 2.37. The molecule has 1 aromatic rings. The topological polar surface area (TPSA) is 29.5 Å². The van der Waals surface area contributed by atoms with Crippen molar-refractivity contribution in [1.82, 2.24) is 0 Å². The molecule has 2 heteroatoms. The molecule has 0 aromatic heterocycles. The minimum Gasteiger partial charge on any atom is -0.384 e. The van der Waals surface area contributed by atoms with Crippen LogP contribution in [-0.4, -0.2) is 18.3 Å². The van der Waals surface area contributed by atoms with Crippen LogP contribution in [0.1, 0.15) is 31.4 Å². The molecule has 0 heterocycles. The largest absolute Gasteiger partial charge is 0.384 e. The summed E-state index contributed by atoms with van der Waals surface area (Å²) in [4.78, 5) is 0. The highest BCUT2D eigenvalue weighted by molar-refractivity contribution is 5.35. The smallest absolute Gasteiger partial charge is 0.104 e. The molecule has 1 N–H and O–H groups in total. The van der Waals surface area contributed by atoms with Crippen LogP contribution in [0.4, 0.5) is 0 Å². The van der Waals surface area contributed by atoms with Crippen molar-refractivity contribution in [2.45, 2.75) is 26.9 Å². The Labute approximate surface area is 104 Å². The van der Waals surface area contributed by atoms with Crippen LogP contribution in [0.15, 0.2) is 24.3 Å². The maximum Gasteiger partial charge on any atom is 0.104 e. The van der Waals surface area contributed by atoms with Gasteiger partial charge in [-0.25, -0.2) is 0 Å². The third kappa shape index (κ3) is 6.11. The number of rotatable bonds is 5. The highest BCUT2D eigenvalue weighted by Gasteiger charge is 1.96. The summed E-state index contributed by atoms with van der Waals surface area (Å²) < 4.78 is 5.58. The summed E-state index contributed by atoms with van der Waals surface area (Å²) in [7, 11) is 0. The molecule has 0 aliphatic carbocycles. The van der Waals surface area contributed by atoms with Crippen LogP contribution in [0, 0.1) is 17.8 Å². The average Bonchev–Trinajstić information content (AvgIpc) is 2.33. The van der Waals surface area contributed by atoms with E-state index in [2.05, 4.69) is 25.7 Å². The molecule has 0 saturated heterocycles. The Morgan fingerprint density at radius 2 is 1.94 bits per heavy atom. The van der Waals surface area contributed by atoms with Gasteiger partial charge in [0.05, 0.1) is 6.61 Å². The molecular weight excluding hydrogens is 212 g/mol. The number of benzene rings is 1. The van der Waals surface area contributed by atoms with Crippen molar-refractivity contribution < 1.29 is 9.84 Å². The fraction of sp³-hybridized carbons (Fsp3) is 0.467. The van der Waals surface area contributed by atoms with E-state index in [4.69, 9.17) is 9.84 Å². The number of aliphatic hydroxyl groups excluding tert-OH is 1. The molecule has 0 atom stereocenters. The lowest BCUT2D eigenvalue weighted by Gasteiger charge is -2.06. The van der Waals surface area contributed by atoms with Crippen LogP contribution in [0.2, 0.25) is 0 Å². The fourth-order valence-corrected chi connectivity index (χ4v) is 1.33. The number of hydrogen-bond donors (Lipinski definition) is 1. The van der Waals surface area contributed by atoms with Gasteiger partial charge < -0.3 is 9.84 Å². The van der Waals surface area contributed by atoms with Gasteiger partial charge in [-0.2, -0.15) is 0 Å². The lowest BCUT2D eigenvalue weighted by atomic mass is 10.1. The highest BCUT2D eigenvalue weighted by atomic mass is 16.5. The van der Waals surface area contributed by atoms with E-state index in [9.17, 15) is 0 Å². The first-order valence-corrected chi connectivity index (χ1v) is 5.99. The monoisotopic (exact) mass is 232 g/mol. The van der Waals surface area contributed by atoms with E-state index in [1.807, 2.05) is 24.3 Å². The second kappa shape index (κ2) is 7.89. The standard InChI is InChI=1S/C15H20O2/c1-13(2)9-11-17-12-15-7-5-14(6-8-15)4-3-10-16/h5-8,13,16H,9-12H2,1-2H3. The van der Waals surface area contributed by atoms with Gasteiger partial charge in [0.25, 0.3) is 0 Å². The zero-order chi connectivity index (χ0) is 12.5. The van der Waals surface area contributed by atoms with Gasteiger partial charge >= 0.3 is 0 Å². The van der Waals surface area contributed by atoms with Crippen LogP contribution in [0.5, 0.6) is 0 Å². The molecule has 17 heavy (non-hydrogen) atoms. The number of aliphatic hydroxyl groups is 1. The van der Waals surface area contributed by atoms with Gasteiger partial charge in [-0.05, 0) is 30.0 Å². The van der Waals surface area contributed by atoms with Crippen molar-refractivity contribution in [2.75, 3.05) is 13.2 Å². The summed E-state index contributed by atoms with van der Waals surface area (Å²) in [6.45, 7) is 5.75. The van der Waals surface area contributed by atoms with Gasteiger partial charge in [0.1, 0.15) is 6.61 Å². The predicted molar refractivity (Wildman–Crippen MR) is 69.5 cm³/mol. The molecule has 0 aliphatic rings. The molecule has 0 spiro atoms. The van der Waals surface area contributed by atoms with Crippen LogP contribution < -0.4 is 0 Å². The molecule has 0 fully saturated rings. The second-order valence-corrected chi connectivity index (χ2v) is 4.39. The molecule has 0 amide bonds. The SMILES string of the molecule is CC(C)CCOCc1ccc(C#CCO)cc1. The van der Waals surface area contributed by atoms with E-state index in [1.165, 1.54) is 0 Å². The van der Waals surface area contributed by atoms with E-state index in [0.717, 1.165) is 24.2 Å². The van der Waals surface area contributed by atoms with Crippen LogP contribution in [-0.2, 0) is 11.3 Å². The number of hydrogen-bond acceptors (Lipinski definition) is 2. The first-order valence-electron chi connectivity index (χ1n) is 5.99. The first kappa shape index (κ1) is 13.8. The summed E-state index contributed by atoms with van der Waals surface area (Å²) in [6, 6.07) is 7.92. The van der Waals surface area contributed by atoms with Gasteiger partial charge in [0, 0.05) is 12.2 Å². The van der Waals surface area contributed by atoms with E-state index >= 15 is 0 Å². The Kier molecular flexibility index (Phi) is 6.39. The first-order chi connectivity index (χ1) is 8.22. The van der Waals surface area contributed by atoms with Crippen molar-refractivity contribution in [3.63, 3.8) is 0 Å². The molecule has 0 aliphatic heterocycles. The summed E-state index contributed by atoms with van der Waals surface area (Å²) in [5, 5.41) is 8.58. The molecule has 92 valence electrons.